The molecule has 0 aliphatic heterocycles. The maximum absolute atomic E-state index is 12.8. The topological polar surface area (TPSA) is 0 Å². The first-order chi connectivity index (χ1) is 6.29. The van der Waals surface area contributed by atoms with Gasteiger partial charge in [-0.2, -0.15) is 0 Å². The Morgan fingerprint density at radius 2 is 2.23 bits per heavy atom. The third-order valence-corrected chi connectivity index (χ3v) is 3.93. The van der Waals surface area contributed by atoms with Crippen molar-refractivity contribution in [1.82, 2.24) is 0 Å². The molecule has 0 aliphatic carbocycles. The largest absolute Gasteiger partial charge is 0.207 e. The highest BCUT2D eigenvalue weighted by Crippen LogP contribution is 2.32. The van der Waals surface area contributed by atoms with Crippen LogP contribution in [0.1, 0.15) is 6.92 Å². The van der Waals surface area contributed by atoms with Crippen LogP contribution in [-0.2, 0) is 0 Å². The van der Waals surface area contributed by atoms with Gasteiger partial charge in [0.1, 0.15) is 5.82 Å². The van der Waals surface area contributed by atoms with Crippen LogP contribution in [0.5, 0.6) is 0 Å². The molecule has 0 unspecified atom stereocenters. The fourth-order valence-corrected chi connectivity index (χ4v) is 3.37. The monoisotopic (exact) mass is 212 g/mol. The minimum absolute atomic E-state index is 0.151. The molecule has 0 nitrogen and oxygen atoms in total. The molecular formula is C10H9FS2. The van der Waals surface area contributed by atoms with E-state index in [0.717, 1.165) is 15.8 Å². The average molecular weight is 212 g/mol. The van der Waals surface area contributed by atoms with Gasteiger partial charge >= 0.3 is 0 Å². The van der Waals surface area contributed by atoms with E-state index < -0.39 is 0 Å². The normalized spacial score (nSPS) is 10.9. The molecule has 13 heavy (non-hydrogen) atoms. The molecule has 0 spiro atoms. The summed E-state index contributed by atoms with van der Waals surface area (Å²) in [5, 5.41) is 1.14. The molecule has 68 valence electrons. The van der Waals surface area contributed by atoms with Crippen molar-refractivity contribution in [2.45, 2.75) is 11.1 Å². The lowest BCUT2D eigenvalue weighted by Crippen LogP contribution is -1.68. The van der Waals surface area contributed by atoms with Gasteiger partial charge in [0.15, 0.2) is 0 Å². The minimum atomic E-state index is -0.151. The number of thioether (sulfide) groups is 1. The van der Waals surface area contributed by atoms with Gasteiger partial charge in [-0.25, -0.2) is 4.39 Å². The summed E-state index contributed by atoms with van der Waals surface area (Å²) in [5.41, 5.74) is 0. The van der Waals surface area contributed by atoms with Crippen molar-refractivity contribution in [3.63, 3.8) is 0 Å². The average Bonchev–Trinajstić information content (AvgIpc) is 2.46. The SMILES string of the molecule is CCSc1cc2ccc(F)cc2s1. The molecule has 0 amide bonds. The van der Waals surface area contributed by atoms with Gasteiger partial charge in [-0.05, 0) is 29.3 Å². The first kappa shape index (κ1) is 9.03. The van der Waals surface area contributed by atoms with Crippen molar-refractivity contribution < 1.29 is 4.39 Å². The van der Waals surface area contributed by atoms with Crippen LogP contribution >= 0.6 is 23.1 Å². The van der Waals surface area contributed by atoms with Crippen molar-refractivity contribution in [1.29, 1.82) is 0 Å². The minimum Gasteiger partial charge on any atom is -0.207 e. The van der Waals surface area contributed by atoms with E-state index in [-0.39, 0.29) is 5.82 Å². The zero-order chi connectivity index (χ0) is 9.26. The van der Waals surface area contributed by atoms with Crippen LogP contribution in [0.4, 0.5) is 4.39 Å². The molecule has 0 N–H and O–H groups in total. The van der Waals surface area contributed by atoms with Gasteiger partial charge in [-0.3, -0.25) is 0 Å². The van der Waals surface area contributed by atoms with Gasteiger partial charge in [-0.15, -0.1) is 23.1 Å². The van der Waals surface area contributed by atoms with E-state index >= 15 is 0 Å². The van der Waals surface area contributed by atoms with Crippen molar-refractivity contribution >= 4 is 33.2 Å². The molecule has 1 heterocycles. The Morgan fingerprint density at radius 1 is 1.38 bits per heavy atom. The molecule has 0 fully saturated rings. The lowest BCUT2D eigenvalue weighted by molar-refractivity contribution is 0.630. The second-order valence-corrected chi connectivity index (χ2v) is 5.33. The quantitative estimate of drug-likeness (QED) is 0.674. The summed E-state index contributed by atoms with van der Waals surface area (Å²) in [6.07, 6.45) is 0. The highest BCUT2D eigenvalue weighted by Gasteiger charge is 2.01. The smallest absolute Gasteiger partial charge is 0.124 e. The van der Waals surface area contributed by atoms with Crippen LogP contribution < -0.4 is 0 Å². The van der Waals surface area contributed by atoms with E-state index in [1.165, 1.54) is 10.3 Å². The van der Waals surface area contributed by atoms with Gasteiger partial charge in [0.25, 0.3) is 0 Å². The second kappa shape index (κ2) is 3.68. The zero-order valence-electron chi connectivity index (χ0n) is 7.21. The van der Waals surface area contributed by atoms with Crippen LogP contribution in [0.15, 0.2) is 28.5 Å². The molecule has 1 aromatic heterocycles. The number of fused-ring (bicyclic) bond motifs is 1. The number of hydrogen-bond donors (Lipinski definition) is 0. The van der Waals surface area contributed by atoms with E-state index in [9.17, 15) is 4.39 Å². The third-order valence-electron chi connectivity index (χ3n) is 1.75. The Bertz CT molecular complexity index is 420. The van der Waals surface area contributed by atoms with Crippen LogP contribution in [0.3, 0.4) is 0 Å². The van der Waals surface area contributed by atoms with Crippen molar-refractivity contribution in [3.05, 3.63) is 30.1 Å². The van der Waals surface area contributed by atoms with E-state index in [0.29, 0.717) is 0 Å². The van der Waals surface area contributed by atoms with Crippen LogP contribution in [0, 0.1) is 5.82 Å². The van der Waals surface area contributed by atoms with Crippen molar-refractivity contribution in [3.8, 4) is 0 Å². The molecule has 2 rings (SSSR count). The second-order valence-electron chi connectivity index (χ2n) is 2.68. The Labute approximate surface area is 84.8 Å². The van der Waals surface area contributed by atoms with Crippen LogP contribution in [0.25, 0.3) is 10.1 Å². The van der Waals surface area contributed by atoms with Gasteiger partial charge in [-0.1, -0.05) is 13.0 Å². The van der Waals surface area contributed by atoms with Crippen molar-refractivity contribution in [2.75, 3.05) is 5.75 Å². The molecule has 0 bridgehead atoms. The fraction of sp³-hybridized carbons (Fsp3) is 0.200. The molecule has 0 aliphatic rings. The summed E-state index contributed by atoms with van der Waals surface area (Å²) in [7, 11) is 0. The molecular weight excluding hydrogens is 203 g/mol. The summed E-state index contributed by atoms with van der Waals surface area (Å²) in [6, 6.07) is 7.06. The maximum Gasteiger partial charge on any atom is 0.124 e. The fourth-order valence-electron chi connectivity index (χ4n) is 1.19. The molecule has 0 atom stereocenters. The highest BCUT2D eigenvalue weighted by atomic mass is 32.2. The van der Waals surface area contributed by atoms with E-state index in [4.69, 9.17) is 0 Å². The van der Waals surface area contributed by atoms with Crippen LogP contribution in [-0.4, -0.2) is 5.75 Å². The summed E-state index contributed by atoms with van der Waals surface area (Å²) in [4.78, 5) is 0. The van der Waals surface area contributed by atoms with Gasteiger partial charge in [0.2, 0.25) is 0 Å². The van der Waals surface area contributed by atoms with Gasteiger partial charge < -0.3 is 0 Å². The lowest BCUT2D eigenvalue weighted by Gasteiger charge is -1.87. The Morgan fingerprint density at radius 3 is 3.00 bits per heavy atom. The molecule has 0 radical (unpaired) electrons. The van der Waals surface area contributed by atoms with E-state index in [1.807, 2.05) is 6.07 Å². The Kier molecular flexibility index (Phi) is 2.56. The third kappa shape index (κ3) is 1.86. The predicted molar refractivity (Wildman–Crippen MR) is 58.2 cm³/mol. The number of halogens is 1. The van der Waals surface area contributed by atoms with Gasteiger partial charge in [0.05, 0.1) is 4.21 Å². The predicted octanol–water partition coefficient (Wildman–Crippen LogP) is 4.15. The summed E-state index contributed by atoms with van der Waals surface area (Å²) >= 11 is 3.46. The van der Waals surface area contributed by atoms with E-state index in [1.54, 1.807) is 29.2 Å². The van der Waals surface area contributed by atoms with Gasteiger partial charge in [0, 0.05) is 4.70 Å². The molecule has 0 saturated heterocycles. The molecule has 1 aromatic carbocycles. The van der Waals surface area contributed by atoms with Crippen molar-refractivity contribution in [2.24, 2.45) is 0 Å². The zero-order valence-corrected chi connectivity index (χ0v) is 8.84. The molecule has 3 heteroatoms. The Balaban J connectivity index is 2.49. The number of rotatable bonds is 2. The maximum atomic E-state index is 12.8. The van der Waals surface area contributed by atoms with Crippen LogP contribution in [0.2, 0.25) is 0 Å². The lowest BCUT2D eigenvalue weighted by atomic mass is 10.3. The summed E-state index contributed by atoms with van der Waals surface area (Å²) in [5.74, 6) is 0.914. The standard InChI is InChI=1S/C10H9FS2/c1-2-12-10-5-7-3-4-8(11)6-9(7)13-10/h3-6H,2H2,1H3. The first-order valence-corrected chi connectivity index (χ1v) is 5.91. The summed E-state index contributed by atoms with van der Waals surface area (Å²) in [6.45, 7) is 2.12. The molecule has 0 saturated carbocycles. The number of hydrogen-bond acceptors (Lipinski definition) is 2. The first-order valence-electron chi connectivity index (χ1n) is 4.11. The number of thiophene rings is 1. The van der Waals surface area contributed by atoms with E-state index in [2.05, 4.69) is 13.0 Å². The highest BCUT2D eigenvalue weighted by molar-refractivity contribution is 8.01. The molecule has 2 aromatic rings. The Hall–Kier alpha value is -0.540. The summed E-state index contributed by atoms with van der Waals surface area (Å²) < 4.78 is 15.1. The number of benzene rings is 1.